The van der Waals surface area contributed by atoms with E-state index in [0.29, 0.717) is 34.3 Å². The molecule has 3 aromatic rings. The second kappa shape index (κ2) is 9.18. The van der Waals surface area contributed by atoms with E-state index in [-0.39, 0.29) is 0 Å². The molecule has 1 aromatic carbocycles. The van der Waals surface area contributed by atoms with Gasteiger partial charge in [-0.15, -0.1) is 11.3 Å². The highest BCUT2D eigenvalue weighted by Crippen LogP contribution is 2.37. The zero-order valence-electron chi connectivity index (χ0n) is 17.0. The van der Waals surface area contributed by atoms with Crippen molar-refractivity contribution in [3.63, 3.8) is 0 Å². The van der Waals surface area contributed by atoms with Crippen LogP contribution in [-0.4, -0.2) is 64.3 Å². The summed E-state index contributed by atoms with van der Waals surface area (Å²) in [5.74, 6) is 0.520. The van der Waals surface area contributed by atoms with Crippen LogP contribution in [-0.2, 0) is 6.54 Å². The van der Waals surface area contributed by atoms with Crippen LogP contribution in [0.5, 0.6) is 0 Å². The van der Waals surface area contributed by atoms with Crippen molar-refractivity contribution < 1.29 is 0 Å². The summed E-state index contributed by atoms with van der Waals surface area (Å²) < 4.78 is 1.84. The largest absolute Gasteiger partial charge is 0.396 e. The molecule has 0 spiro atoms. The maximum Gasteiger partial charge on any atom is 0.131 e. The highest BCUT2D eigenvalue weighted by Gasteiger charge is 2.23. The second-order valence-corrected chi connectivity index (χ2v) is 8.54. The average Bonchev–Trinajstić information content (AvgIpc) is 3.41. The molecule has 7 nitrogen and oxygen atoms in total. The third-order valence-electron chi connectivity index (χ3n) is 5.43. The summed E-state index contributed by atoms with van der Waals surface area (Å²) >= 11 is 8.23. The molecule has 1 aliphatic rings. The van der Waals surface area contributed by atoms with Crippen LogP contribution in [0.15, 0.2) is 41.2 Å². The van der Waals surface area contributed by atoms with Gasteiger partial charge in [-0.25, -0.2) is 9.67 Å². The number of anilines is 1. The van der Waals surface area contributed by atoms with Crippen molar-refractivity contribution >= 4 is 39.5 Å². The van der Waals surface area contributed by atoms with E-state index >= 15 is 0 Å². The molecule has 0 atom stereocenters. The minimum Gasteiger partial charge on any atom is -0.396 e. The number of halogens is 1. The Hall–Kier alpha value is -2.39. The van der Waals surface area contributed by atoms with Crippen molar-refractivity contribution in [2.24, 2.45) is 5.73 Å². The van der Waals surface area contributed by atoms with Crippen LogP contribution in [0, 0.1) is 0 Å². The Morgan fingerprint density at radius 3 is 2.53 bits per heavy atom. The van der Waals surface area contributed by atoms with Gasteiger partial charge in [-0.3, -0.25) is 4.90 Å². The van der Waals surface area contributed by atoms with Gasteiger partial charge in [-0.1, -0.05) is 41.9 Å². The standard InChI is InChI=1S/C21H26ClN7S/c1-27-7-9-28(10-8-27)11-12-29-21(24)17(18(22)19(23)16-13-30-14-25-16)20(26-29)15-5-3-2-4-6-15/h2-6,13-14H,7-12,23-24H2,1H3/b19-18+. The molecule has 4 rings (SSSR count). The first-order chi connectivity index (χ1) is 14.5. The van der Waals surface area contributed by atoms with Gasteiger partial charge in [-0.05, 0) is 7.05 Å². The quantitative estimate of drug-likeness (QED) is 0.609. The van der Waals surface area contributed by atoms with Crippen LogP contribution >= 0.6 is 22.9 Å². The van der Waals surface area contributed by atoms with E-state index < -0.39 is 0 Å². The lowest BCUT2D eigenvalue weighted by Crippen LogP contribution is -2.45. The van der Waals surface area contributed by atoms with Crippen molar-refractivity contribution in [2.45, 2.75) is 6.54 Å². The van der Waals surface area contributed by atoms with Gasteiger partial charge in [0.25, 0.3) is 0 Å². The van der Waals surface area contributed by atoms with Gasteiger partial charge in [0.1, 0.15) is 11.5 Å². The Labute approximate surface area is 185 Å². The summed E-state index contributed by atoms with van der Waals surface area (Å²) in [6.45, 7) is 5.83. The molecule has 2 aromatic heterocycles. The molecule has 1 aliphatic heterocycles. The Balaban J connectivity index is 1.68. The Morgan fingerprint density at radius 1 is 1.13 bits per heavy atom. The van der Waals surface area contributed by atoms with E-state index in [0.717, 1.165) is 44.0 Å². The number of nitrogens with zero attached hydrogens (tertiary/aromatic N) is 5. The van der Waals surface area contributed by atoms with E-state index in [1.807, 2.05) is 40.4 Å². The monoisotopic (exact) mass is 443 g/mol. The molecule has 4 N–H and O–H groups in total. The Kier molecular flexibility index (Phi) is 6.38. The number of hydrogen-bond acceptors (Lipinski definition) is 7. The zero-order chi connectivity index (χ0) is 21.1. The molecule has 3 heterocycles. The fourth-order valence-corrected chi connectivity index (χ4v) is 4.40. The molecule has 30 heavy (non-hydrogen) atoms. The number of thiazole rings is 1. The molecular formula is C21H26ClN7S. The van der Waals surface area contributed by atoms with E-state index in [4.69, 9.17) is 28.2 Å². The number of likely N-dealkylation sites (N-methyl/N-ethyl adjacent to an activating group) is 1. The number of nitrogen functional groups attached to an aromatic ring is 1. The lowest BCUT2D eigenvalue weighted by atomic mass is 10.1. The number of benzene rings is 1. The highest BCUT2D eigenvalue weighted by molar-refractivity contribution is 7.07. The highest BCUT2D eigenvalue weighted by atomic mass is 35.5. The lowest BCUT2D eigenvalue weighted by Gasteiger charge is -2.32. The van der Waals surface area contributed by atoms with Crippen LogP contribution in [0.2, 0.25) is 0 Å². The van der Waals surface area contributed by atoms with Crippen LogP contribution in [0.1, 0.15) is 11.3 Å². The smallest absolute Gasteiger partial charge is 0.131 e. The molecule has 0 bridgehead atoms. The number of aromatic nitrogens is 3. The number of piperazine rings is 1. The first-order valence-corrected chi connectivity index (χ1v) is 11.2. The predicted molar refractivity (Wildman–Crippen MR) is 125 cm³/mol. The summed E-state index contributed by atoms with van der Waals surface area (Å²) in [7, 11) is 2.16. The van der Waals surface area contributed by atoms with Crippen molar-refractivity contribution in [3.05, 3.63) is 52.5 Å². The Bertz CT molecular complexity index is 1010. The topological polar surface area (TPSA) is 89.2 Å². The van der Waals surface area contributed by atoms with E-state index in [9.17, 15) is 0 Å². The van der Waals surface area contributed by atoms with Gasteiger partial charge in [0.2, 0.25) is 0 Å². The summed E-state index contributed by atoms with van der Waals surface area (Å²) in [5.41, 5.74) is 18.0. The van der Waals surface area contributed by atoms with Gasteiger partial charge < -0.3 is 16.4 Å². The molecule has 0 radical (unpaired) electrons. The minimum atomic E-state index is 0.378. The fourth-order valence-electron chi connectivity index (χ4n) is 3.56. The SMILES string of the molecule is CN1CCN(CCn2nc(-c3ccccc3)c(/C(Cl)=C(\N)c3cscn3)c2N)CC1. The summed E-state index contributed by atoms with van der Waals surface area (Å²) in [5, 5.41) is 7.07. The van der Waals surface area contributed by atoms with Crippen LogP contribution in [0.3, 0.4) is 0 Å². The van der Waals surface area contributed by atoms with Gasteiger partial charge in [0.15, 0.2) is 0 Å². The molecule has 0 aliphatic carbocycles. The van der Waals surface area contributed by atoms with Crippen molar-refractivity contribution in [2.75, 3.05) is 45.5 Å². The van der Waals surface area contributed by atoms with E-state index in [1.165, 1.54) is 11.3 Å². The van der Waals surface area contributed by atoms with Gasteiger partial charge in [0, 0.05) is 43.7 Å². The predicted octanol–water partition coefficient (Wildman–Crippen LogP) is 2.86. The third kappa shape index (κ3) is 4.37. The molecule has 0 unspecified atom stereocenters. The molecule has 9 heteroatoms. The number of nitrogens with two attached hydrogens (primary N) is 2. The van der Waals surface area contributed by atoms with Crippen molar-refractivity contribution in [3.8, 4) is 11.3 Å². The van der Waals surface area contributed by atoms with Gasteiger partial charge >= 0.3 is 0 Å². The van der Waals surface area contributed by atoms with Crippen molar-refractivity contribution in [1.29, 1.82) is 0 Å². The third-order valence-corrected chi connectivity index (χ3v) is 6.41. The zero-order valence-corrected chi connectivity index (χ0v) is 18.5. The van der Waals surface area contributed by atoms with E-state index in [2.05, 4.69) is 21.8 Å². The molecule has 0 amide bonds. The fraction of sp³-hybridized carbons (Fsp3) is 0.333. The maximum absolute atomic E-state index is 6.76. The average molecular weight is 444 g/mol. The van der Waals surface area contributed by atoms with E-state index in [1.54, 1.807) is 5.51 Å². The first kappa shape index (κ1) is 20.9. The summed E-state index contributed by atoms with van der Waals surface area (Å²) in [6.07, 6.45) is 0. The maximum atomic E-state index is 6.76. The normalized spacial score (nSPS) is 16.6. The minimum absolute atomic E-state index is 0.378. The molecule has 158 valence electrons. The number of rotatable bonds is 6. The lowest BCUT2D eigenvalue weighted by molar-refractivity contribution is 0.149. The molecule has 1 saturated heterocycles. The van der Waals surface area contributed by atoms with Crippen LogP contribution in [0.25, 0.3) is 22.0 Å². The second-order valence-electron chi connectivity index (χ2n) is 7.44. The first-order valence-electron chi connectivity index (χ1n) is 9.91. The number of hydrogen-bond donors (Lipinski definition) is 2. The Morgan fingerprint density at radius 2 is 1.87 bits per heavy atom. The van der Waals surface area contributed by atoms with Gasteiger partial charge in [-0.2, -0.15) is 5.10 Å². The van der Waals surface area contributed by atoms with Crippen LogP contribution < -0.4 is 11.5 Å². The summed E-state index contributed by atoms with van der Waals surface area (Å²) in [4.78, 5) is 9.06. The molecular weight excluding hydrogens is 418 g/mol. The molecule has 0 saturated carbocycles. The van der Waals surface area contributed by atoms with Crippen molar-refractivity contribution in [1.82, 2.24) is 24.6 Å². The molecule has 1 fully saturated rings. The summed E-state index contributed by atoms with van der Waals surface area (Å²) in [6, 6.07) is 9.91. The van der Waals surface area contributed by atoms with Crippen LogP contribution in [0.4, 0.5) is 5.82 Å². The van der Waals surface area contributed by atoms with Gasteiger partial charge in [0.05, 0.1) is 34.0 Å².